The van der Waals surface area contributed by atoms with E-state index < -0.39 is 38.5 Å². The maximum Gasteiger partial charge on any atom is 0.425 e. The Balaban J connectivity index is 5.48. The predicted molar refractivity (Wildman–Crippen MR) is 60.3 cm³/mol. The molecule has 0 saturated carbocycles. The summed E-state index contributed by atoms with van der Waals surface area (Å²) in [6.45, 7) is 2.38. The lowest BCUT2D eigenvalue weighted by Crippen LogP contribution is -2.67. The molecule has 0 bridgehead atoms. The zero-order chi connectivity index (χ0) is 16.4. The van der Waals surface area contributed by atoms with Crippen LogP contribution in [0.4, 0.5) is 26.3 Å². The Bertz CT molecular complexity index is 359. The van der Waals surface area contributed by atoms with Crippen molar-refractivity contribution in [3.8, 4) is 0 Å². The molecule has 0 rings (SSSR count). The summed E-state index contributed by atoms with van der Waals surface area (Å²) in [6, 6.07) is 0. The minimum Gasteiger partial charge on any atom is -0.513 e. The summed E-state index contributed by atoms with van der Waals surface area (Å²) in [4.78, 5) is 10.7. The molecule has 0 fully saturated rings. The van der Waals surface area contributed by atoms with Crippen LogP contribution in [0.5, 0.6) is 0 Å². The molecule has 0 saturated heterocycles. The van der Waals surface area contributed by atoms with Gasteiger partial charge < -0.3 is 9.16 Å². The second-order valence-electron chi connectivity index (χ2n) is 4.62. The molecule has 0 radical (unpaired) electrons. The largest absolute Gasteiger partial charge is 0.513 e. The molecule has 0 amide bonds. The van der Waals surface area contributed by atoms with E-state index in [9.17, 15) is 31.1 Å². The Morgan fingerprint density at radius 3 is 1.90 bits per heavy atom. The van der Waals surface area contributed by atoms with Gasteiger partial charge in [0.25, 0.3) is 5.97 Å². The fourth-order valence-electron chi connectivity index (χ4n) is 1.31. The first-order valence-electron chi connectivity index (χ1n) is 5.70. The summed E-state index contributed by atoms with van der Waals surface area (Å²) in [7, 11) is -4.77. The number of carbonyl (C=O) groups is 1. The van der Waals surface area contributed by atoms with Crippen molar-refractivity contribution < 1.29 is 40.3 Å². The molecule has 0 aromatic heterocycles. The smallest absolute Gasteiger partial charge is 0.425 e. The van der Waals surface area contributed by atoms with Crippen LogP contribution < -0.4 is 0 Å². The first-order valence-corrected chi connectivity index (χ1v) is 8.60. The third kappa shape index (κ3) is 3.46. The summed E-state index contributed by atoms with van der Waals surface area (Å²) in [5, 5.41) is 0. The van der Waals surface area contributed by atoms with Gasteiger partial charge in [-0.3, -0.25) is 4.79 Å². The van der Waals surface area contributed by atoms with E-state index in [1.165, 1.54) is 6.92 Å². The quantitative estimate of drug-likeness (QED) is 0.530. The van der Waals surface area contributed by atoms with Gasteiger partial charge in [-0.1, -0.05) is 6.92 Å². The Labute approximate surface area is 113 Å². The molecular formula is C10H16F6O3Si. The van der Waals surface area contributed by atoms with Crippen molar-refractivity contribution >= 4 is 14.3 Å². The van der Waals surface area contributed by atoms with Crippen molar-refractivity contribution in [1.29, 1.82) is 0 Å². The zero-order valence-electron chi connectivity index (χ0n) is 11.4. The van der Waals surface area contributed by atoms with Crippen molar-refractivity contribution in [2.24, 2.45) is 0 Å². The summed E-state index contributed by atoms with van der Waals surface area (Å²) >= 11 is 0. The number of alkyl halides is 6. The summed E-state index contributed by atoms with van der Waals surface area (Å²) < 4.78 is 88.5. The van der Waals surface area contributed by atoms with E-state index in [2.05, 4.69) is 9.16 Å². The fraction of sp³-hybridized carbons (Fsp3) is 0.900. The molecule has 20 heavy (non-hydrogen) atoms. The van der Waals surface area contributed by atoms with Crippen molar-refractivity contribution in [2.75, 3.05) is 6.61 Å². The van der Waals surface area contributed by atoms with Crippen molar-refractivity contribution in [1.82, 2.24) is 0 Å². The molecule has 0 aliphatic carbocycles. The van der Waals surface area contributed by atoms with Gasteiger partial charge in [0.1, 0.15) is 0 Å². The average molecular weight is 326 g/mol. The van der Waals surface area contributed by atoms with Crippen LogP contribution in [0, 0.1) is 0 Å². The van der Waals surface area contributed by atoms with Crippen molar-refractivity contribution in [3.05, 3.63) is 0 Å². The molecule has 0 aliphatic rings. The molecule has 0 aliphatic heterocycles. The SMILES string of the molecule is CCCOC(F)(F)C(F)(F)C(F)(F)[Si](C)(C)OC(C)=O. The first-order chi connectivity index (χ1) is 8.73. The lowest BCUT2D eigenvalue weighted by atomic mass is 10.3. The van der Waals surface area contributed by atoms with Gasteiger partial charge in [-0.25, -0.2) is 0 Å². The topological polar surface area (TPSA) is 35.5 Å². The molecule has 0 atom stereocenters. The number of halogens is 6. The van der Waals surface area contributed by atoms with E-state index in [1.54, 1.807) is 0 Å². The van der Waals surface area contributed by atoms with Gasteiger partial charge in [-0.15, -0.1) is 0 Å². The molecule has 0 aromatic rings. The van der Waals surface area contributed by atoms with Gasteiger partial charge >= 0.3 is 25.9 Å². The van der Waals surface area contributed by atoms with E-state index >= 15 is 0 Å². The van der Waals surface area contributed by atoms with Gasteiger partial charge in [-0.2, -0.15) is 26.3 Å². The Morgan fingerprint density at radius 2 is 1.55 bits per heavy atom. The van der Waals surface area contributed by atoms with Crippen LogP contribution in [-0.2, 0) is 14.0 Å². The molecule has 0 spiro atoms. The Hall–Kier alpha value is -0.773. The first kappa shape index (κ1) is 19.2. The van der Waals surface area contributed by atoms with E-state index in [0.29, 0.717) is 13.1 Å². The molecule has 0 heterocycles. The number of ether oxygens (including phenoxy) is 1. The summed E-state index contributed by atoms with van der Waals surface area (Å²) in [5.41, 5.74) is -5.21. The normalized spacial score (nSPS) is 14.3. The standard InChI is InChI=1S/C10H16F6O3Si/c1-5-6-18-9(13,14)8(11,12)10(15,16)20(3,4)19-7(2)17/h5-6H2,1-4H3. The van der Waals surface area contributed by atoms with Crippen LogP contribution >= 0.6 is 0 Å². The highest BCUT2D eigenvalue weighted by molar-refractivity contribution is 6.75. The highest BCUT2D eigenvalue weighted by atomic mass is 28.4. The van der Waals surface area contributed by atoms with Crippen molar-refractivity contribution in [3.63, 3.8) is 0 Å². The number of rotatable bonds is 7. The van der Waals surface area contributed by atoms with Crippen LogP contribution in [0.1, 0.15) is 20.3 Å². The van der Waals surface area contributed by atoms with Crippen LogP contribution in [0.15, 0.2) is 0 Å². The average Bonchev–Trinajstić information content (AvgIpc) is 2.23. The van der Waals surface area contributed by atoms with E-state index in [1.807, 2.05) is 0 Å². The van der Waals surface area contributed by atoms with E-state index in [4.69, 9.17) is 0 Å². The van der Waals surface area contributed by atoms with Gasteiger partial charge in [0.15, 0.2) is 0 Å². The minimum absolute atomic E-state index is 0.0536. The van der Waals surface area contributed by atoms with Crippen LogP contribution in [0.3, 0.4) is 0 Å². The van der Waals surface area contributed by atoms with Gasteiger partial charge in [-0.05, 0) is 19.5 Å². The molecule has 10 heteroatoms. The summed E-state index contributed by atoms with van der Waals surface area (Å²) in [6.07, 6.45) is -5.42. The van der Waals surface area contributed by atoms with E-state index in [0.717, 1.165) is 6.92 Å². The van der Waals surface area contributed by atoms with Crippen LogP contribution in [-0.4, -0.2) is 38.5 Å². The fourth-order valence-corrected chi connectivity index (χ4v) is 3.05. The predicted octanol–water partition coefficient (Wildman–Crippen LogP) is 3.58. The second-order valence-corrected chi connectivity index (χ2v) is 8.47. The van der Waals surface area contributed by atoms with Crippen LogP contribution in [0.25, 0.3) is 0 Å². The lowest BCUT2D eigenvalue weighted by molar-refractivity contribution is -0.385. The van der Waals surface area contributed by atoms with Crippen LogP contribution in [0.2, 0.25) is 13.1 Å². The third-order valence-electron chi connectivity index (χ3n) is 2.40. The highest BCUT2D eigenvalue weighted by Gasteiger charge is 2.79. The van der Waals surface area contributed by atoms with Gasteiger partial charge in [0.05, 0.1) is 6.61 Å². The number of hydrogen-bond acceptors (Lipinski definition) is 3. The van der Waals surface area contributed by atoms with E-state index in [-0.39, 0.29) is 6.42 Å². The Kier molecular flexibility index (Phi) is 5.69. The number of carbonyl (C=O) groups excluding carboxylic acids is 1. The molecule has 120 valence electrons. The molecule has 0 N–H and O–H groups in total. The zero-order valence-corrected chi connectivity index (χ0v) is 12.4. The minimum atomic E-state index is -5.79. The molecule has 0 unspecified atom stereocenters. The highest BCUT2D eigenvalue weighted by Crippen LogP contribution is 2.50. The molecule has 3 nitrogen and oxygen atoms in total. The molecular weight excluding hydrogens is 310 g/mol. The lowest BCUT2D eigenvalue weighted by Gasteiger charge is -2.38. The van der Waals surface area contributed by atoms with Gasteiger partial charge in [0, 0.05) is 6.92 Å². The monoisotopic (exact) mass is 326 g/mol. The summed E-state index contributed by atoms with van der Waals surface area (Å²) in [5.74, 6) is -7.03. The maximum atomic E-state index is 13.7. The third-order valence-corrected chi connectivity index (χ3v) is 5.03. The maximum absolute atomic E-state index is 13.7. The second kappa shape index (κ2) is 5.92. The van der Waals surface area contributed by atoms with Crippen molar-refractivity contribution in [2.45, 2.75) is 50.9 Å². The molecule has 0 aromatic carbocycles. The van der Waals surface area contributed by atoms with Gasteiger partial charge in [0.2, 0.25) is 0 Å². The number of hydrogen-bond donors (Lipinski definition) is 0. The Morgan fingerprint density at radius 1 is 1.10 bits per heavy atom.